The lowest BCUT2D eigenvalue weighted by molar-refractivity contribution is -0.142. The molecular formula is C18H26N2O4. The summed E-state index contributed by atoms with van der Waals surface area (Å²) in [4.78, 5) is 23.4. The van der Waals surface area contributed by atoms with Crippen molar-refractivity contribution in [1.29, 1.82) is 0 Å². The molecule has 0 radical (unpaired) electrons. The maximum absolute atomic E-state index is 12.3. The maximum atomic E-state index is 12.3. The van der Waals surface area contributed by atoms with Crippen LogP contribution in [0.1, 0.15) is 38.5 Å². The summed E-state index contributed by atoms with van der Waals surface area (Å²) in [6, 6.07) is 6.91. The van der Waals surface area contributed by atoms with Gasteiger partial charge in [0.1, 0.15) is 5.75 Å². The smallest absolute Gasteiger partial charge is 0.343 e. The molecule has 1 aliphatic carbocycles. The standard InChI is InChI=1S/C18H26N2O4/c1-23-17(22)12-24-15-7-5-14(6-8-15)20-16(21)11-18(13-19)9-3-2-4-10-18/h5-8H,2-4,9-13,19H2,1H3,(H,20,21). The molecule has 3 N–H and O–H groups in total. The number of nitrogens with one attached hydrogen (secondary N) is 1. The summed E-state index contributed by atoms with van der Waals surface area (Å²) in [5, 5.41) is 2.91. The molecule has 6 heteroatoms. The maximum Gasteiger partial charge on any atom is 0.343 e. The summed E-state index contributed by atoms with van der Waals surface area (Å²) in [7, 11) is 1.31. The van der Waals surface area contributed by atoms with E-state index in [0.29, 0.717) is 24.4 Å². The van der Waals surface area contributed by atoms with Crippen molar-refractivity contribution in [1.82, 2.24) is 0 Å². The number of methoxy groups -OCH3 is 1. The molecule has 0 unspecified atom stereocenters. The van der Waals surface area contributed by atoms with E-state index in [1.807, 2.05) is 0 Å². The van der Waals surface area contributed by atoms with Crippen LogP contribution >= 0.6 is 0 Å². The molecule has 2 rings (SSSR count). The number of anilines is 1. The van der Waals surface area contributed by atoms with Crippen molar-refractivity contribution >= 4 is 17.6 Å². The molecule has 0 bridgehead atoms. The van der Waals surface area contributed by atoms with Crippen molar-refractivity contribution in [3.8, 4) is 5.75 Å². The largest absolute Gasteiger partial charge is 0.482 e. The van der Waals surface area contributed by atoms with E-state index in [2.05, 4.69) is 10.1 Å². The fourth-order valence-corrected chi connectivity index (χ4v) is 3.14. The van der Waals surface area contributed by atoms with Gasteiger partial charge >= 0.3 is 5.97 Å². The van der Waals surface area contributed by atoms with E-state index in [9.17, 15) is 9.59 Å². The zero-order chi connectivity index (χ0) is 17.4. The Kier molecular flexibility index (Phi) is 6.61. The number of ether oxygens (including phenoxy) is 2. The molecule has 0 heterocycles. The van der Waals surface area contributed by atoms with Crippen LogP contribution in [0.5, 0.6) is 5.75 Å². The second-order valence-corrected chi connectivity index (χ2v) is 6.38. The minimum absolute atomic E-state index is 0.00872. The summed E-state index contributed by atoms with van der Waals surface area (Å²) in [6.07, 6.45) is 6.04. The van der Waals surface area contributed by atoms with Crippen molar-refractivity contribution in [3.63, 3.8) is 0 Å². The average molecular weight is 334 g/mol. The molecule has 0 spiro atoms. The van der Waals surface area contributed by atoms with Crippen molar-refractivity contribution in [3.05, 3.63) is 24.3 Å². The third-order valence-electron chi connectivity index (χ3n) is 4.61. The average Bonchev–Trinajstić information content (AvgIpc) is 2.61. The Balaban J connectivity index is 1.86. The molecule has 6 nitrogen and oxygen atoms in total. The van der Waals surface area contributed by atoms with Gasteiger partial charge in [0.15, 0.2) is 6.61 Å². The number of hydrogen-bond donors (Lipinski definition) is 2. The van der Waals surface area contributed by atoms with Crippen LogP contribution in [0.3, 0.4) is 0 Å². The topological polar surface area (TPSA) is 90.6 Å². The highest BCUT2D eigenvalue weighted by Gasteiger charge is 2.32. The van der Waals surface area contributed by atoms with Crippen LogP contribution < -0.4 is 15.8 Å². The fourth-order valence-electron chi connectivity index (χ4n) is 3.14. The number of benzene rings is 1. The molecule has 1 aromatic carbocycles. The quantitative estimate of drug-likeness (QED) is 0.748. The lowest BCUT2D eigenvalue weighted by Crippen LogP contribution is -2.36. The fraction of sp³-hybridized carbons (Fsp3) is 0.556. The monoisotopic (exact) mass is 334 g/mol. The van der Waals surface area contributed by atoms with Gasteiger partial charge in [0.25, 0.3) is 0 Å². The zero-order valence-corrected chi connectivity index (χ0v) is 14.2. The normalized spacial score (nSPS) is 16.2. The molecule has 0 aliphatic heterocycles. The molecule has 132 valence electrons. The number of hydrogen-bond acceptors (Lipinski definition) is 5. The predicted molar refractivity (Wildman–Crippen MR) is 91.8 cm³/mol. The van der Waals surface area contributed by atoms with Crippen LogP contribution in [-0.2, 0) is 14.3 Å². The van der Waals surface area contributed by atoms with Gasteiger partial charge in [-0.3, -0.25) is 4.79 Å². The molecule has 0 atom stereocenters. The van der Waals surface area contributed by atoms with E-state index < -0.39 is 5.97 Å². The summed E-state index contributed by atoms with van der Waals surface area (Å²) in [6.45, 7) is 0.419. The number of carbonyl (C=O) groups is 2. The van der Waals surface area contributed by atoms with Gasteiger partial charge in [0, 0.05) is 12.1 Å². The summed E-state index contributed by atoms with van der Waals surface area (Å²) in [5.41, 5.74) is 6.59. The molecule has 1 aliphatic rings. The van der Waals surface area contributed by atoms with Crippen LogP contribution in [0.15, 0.2) is 24.3 Å². The third kappa shape index (κ3) is 5.23. The van der Waals surface area contributed by atoms with Gasteiger partial charge < -0.3 is 20.5 Å². The molecule has 0 aromatic heterocycles. The Morgan fingerprint density at radius 1 is 1.17 bits per heavy atom. The summed E-state index contributed by atoms with van der Waals surface area (Å²) < 4.78 is 9.78. The van der Waals surface area contributed by atoms with E-state index in [0.717, 1.165) is 25.7 Å². The van der Waals surface area contributed by atoms with Crippen LogP contribution in [0.2, 0.25) is 0 Å². The van der Waals surface area contributed by atoms with Gasteiger partial charge in [0.05, 0.1) is 7.11 Å². The molecule has 1 amide bonds. The highest BCUT2D eigenvalue weighted by molar-refractivity contribution is 5.91. The second-order valence-electron chi connectivity index (χ2n) is 6.38. The van der Waals surface area contributed by atoms with Gasteiger partial charge in [-0.15, -0.1) is 0 Å². The predicted octanol–water partition coefficient (Wildman–Crippen LogP) is 2.48. The van der Waals surface area contributed by atoms with Crippen LogP contribution in [0, 0.1) is 5.41 Å². The molecule has 1 aromatic rings. The van der Waals surface area contributed by atoms with E-state index in [1.54, 1.807) is 24.3 Å². The highest BCUT2D eigenvalue weighted by atomic mass is 16.6. The number of amides is 1. The minimum atomic E-state index is -0.438. The van der Waals surface area contributed by atoms with Crippen molar-refractivity contribution < 1.29 is 19.1 Å². The first-order valence-electron chi connectivity index (χ1n) is 8.36. The molecular weight excluding hydrogens is 308 g/mol. The Bertz CT molecular complexity index is 551. The van der Waals surface area contributed by atoms with Crippen LogP contribution in [0.25, 0.3) is 0 Å². The first-order valence-corrected chi connectivity index (χ1v) is 8.36. The van der Waals surface area contributed by atoms with E-state index in [-0.39, 0.29) is 17.9 Å². The lowest BCUT2D eigenvalue weighted by Gasteiger charge is -2.35. The zero-order valence-electron chi connectivity index (χ0n) is 14.2. The van der Waals surface area contributed by atoms with Gasteiger partial charge in [-0.05, 0) is 49.1 Å². The summed E-state index contributed by atoms with van der Waals surface area (Å²) >= 11 is 0. The molecule has 0 saturated heterocycles. The molecule has 1 fully saturated rings. The Hall–Kier alpha value is -2.08. The first-order chi connectivity index (χ1) is 11.6. The Labute approximate surface area is 142 Å². The van der Waals surface area contributed by atoms with Gasteiger partial charge in [0.2, 0.25) is 5.91 Å². The lowest BCUT2D eigenvalue weighted by atomic mass is 9.71. The SMILES string of the molecule is COC(=O)COc1ccc(NC(=O)CC2(CN)CCCCC2)cc1. The van der Waals surface area contributed by atoms with Crippen molar-refractivity contribution in [2.75, 3.05) is 25.6 Å². The van der Waals surface area contributed by atoms with Crippen molar-refractivity contribution in [2.24, 2.45) is 11.1 Å². The number of carbonyl (C=O) groups excluding carboxylic acids is 2. The molecule has 24 heavy (non-hydrogen) atoms. The van der Waals surface area contributed by atoms with E-state index >= 15 is 0 Å². The van der Waals surface area contributed by atoms with Gasteiger partial charge in [-0.25, -0.2) is 4.79 Å². The van der Waals surface area contributed by atoms with Gasteiger partial charge in [-0.1, -0.05) is 19.3 Å². The van der Waals surface area contributed by atoms with E-state index in [1.165, 1.54) is 13.5 Å². The number of nitrogens with two attached hydrogens (primary N) is 1. The first kappa shape index (κ1) is 18.3. The Morgan fingerprint density at radius 3 is 2.42 bits per heavy atom. The van der Waals surface area contributed by atoms with Crippen LogP contribution in [-0.4, -0.2) is 32.1 Å². The third-order valence-corrected chi connectivity index (χ3v) is 4.61. The van der Waals surface area contributed by atoms with Crippen molar-refractivity contribution in [2.45, 2.75) is 38.5 Å². The van der Waals surface area contributed by atoms with Crippen LogP contribution in [0.4, 0.5) is 5.69 Å². The highest BCUT2D eigenvalue weighted by Crippen LogP contribution is 2.38. The second kappa shape index (κ2) is 8.68. The minimum Gasteiger partial charge on any atom is -0.482 e. The number of rotatable bonds is 7. The Morgan fingerprint density at radius 2 is 1.83 bits per heavy atom. The molecule has 1 saturated carbocycles. The summed E-state index contributed by atoms with van der Waals surface area (Å²) in [5.74, 6) is 0.0987. The van der Waals surface area contributed by atoms with E-state index in [4.69, 9.17) is 10.5 Å². The number of esters is 1. The van der Waals surface area contributed by atoms with Gasteiger partial charge in [-0.2, -0.15) is 0 Å².